The van der Waals surface area contributed by atoms with Crippen molar-refractivity contribution in [2.75, 3.05) is 10.6 Å². The van der Waals surface area contributed by atoms with Crippen LogP contribution in [-0.2, 0) is 4.79 Å². The van der Waals surface area contributed by atoms with Crippen LogP contribution < -0.4 is 20.7 Å². The molecular weight excluding hydrogens is 527 g/mol. The van der Waals surface area contributed by atoms with Crippen molar-refractivity contribution >= 4 is 40.1 Å². The number of aryl methyl sites for hydroxylation is 2. The molecule has 1 aliphatic rings. The number of amides is 3. The molecule has 10 nitrogen and oxygen atoms in total. The molecule has 0 bridgehead atoms. The van der Waals surface area contributed by atoms with E-state index in [0.29, 0.717) is 28.2 Å². The third-order valence-electron chi connectivity index (χ3n) is 7.07. The number of hydrogen-bond donors (Lipinski definition) is 3. The van der Waals surface area contributed by atoms with Crippen molar-refractivity contribution in [2.24, 2.45) is 0 Å². The maximum atomic E-state index is 14.0. The summed E-state index contributed by atoms with van der Waals surface area (Å²) in [4.78, 5) is 42.6. The number of ketones is 1. The Bertz CT molecular complexity index is 1890. The van der Waals surface area contributed by atoms with Gasteiger partial charge < -0.3 is 20.8 Å². The van der Waals surface area contributed by atoms with E-state index >= 15 is 0 Å². The van der Waals surface area contributed by atoms with Crippen LogP contribution in [0, 0.1) is 19.7 Å². The molecule has 1 saturated heterocycles. The second kappa shape index (κ2) is 9.63. The Labute approximate surface area is 233 Å². The Morgan fingerprint density at radius 1 is 1.02 bits per heavy atom. The average Bonchev–Trinajstić information content (AvgIpc) is 3.59. The average molecular weight is 553 g/mol. The Hall–Kier alpha value is -5.45. The highest BCUT2D eigenvalue weighted by atomic mass is 19.1. The fourth-order valence-electron chi connectivity index (χ4n) is 4.93. The molecule has 0 aliphatic carbocycles. The van der Waals surface area contributed by atoms with E-state index < -0.39 is 17.9 Å². The van der Waals surface area contributed by atoms with Crippen LogP contribution in [0.2, 0.25) is 0 Å². The van der Waals surface area contributed by atoms with Gasteiger partial charge in [0.25, 0.3) is 5.91 Å². The van der Waals surface area contributed by atoms with Crippen molar-refractivity contribution < 1.29 is 23.5 Å². The number of hydrogen-bond acceptors (Lipinski definition) is 6. The van der Waals surface area contributed by atoms with Crippen molar-refractivity contribution in [2.45, 2.75) is 26.8 Å². The molecule has 0 unspecified atom stereocenters. The summed E-state index contributed by atoms with van der Waals surface area (Å²) in [7, 11) is 0. The number of aromatic nitrogens is 3. The highest BCUT2D eigenvalue weighted by molar-refractivity contribution is 6.22. The van der Waals surface area contributed by atoms with Gasteiger partial charge in [-0.25, -0.2) is 18.8 Å². The van der Waals surface area contributed by atoms with Crippen LogP contribution in [0.1, 0.15) is 34.1 Å². The maximum absolute atomic E-state index is 14.0. The van der Waals surface area contributed by atoms with E-state index in [4.69, 9.17) is 10.5 Å². The molecule has 206 valence electrons. The van der Waals surface area contributed by atoms with E-state index in [1.54, 1.807) is 56.3 Å². The number of anilines is 2. The molecule has 3 heterocycles. The molecule has 41 heavy (non-hydrogen) atoms. The number of nitrogens with zero attached hydrogens (tertiary/aromatic N) is 3. The summed E-state index contributed by atoms with van der Waals surface area (Å²) in [6, 6.07) is 15.3. The van der Waals surface area contributed by atoms with Gasteiger partial charge in [0, 0.05) is 10.9 Å². The van der Waals surface area contributed by atoms with E-state index in [-0.39, 0.29) is 34.5 Å². The van der Waals surface area contributed by atoms with Gasteiger partial charge in [0.1, 0.15) is 17.6 Å². The van der Waals surface area contributed by atoms with Crippen molar-refractivity contribution in [1.82, 2.24) is 20.1 Å². The van der Waals surface area contributed by atoms with Crippen molar-refractivity contribution in [3.8, 4) is 17.2 Å². The molecule has 5 aromatic rings. The van der Waals surface area contributed by atoms with Gasteiger partial charge in [-0.1, -0.05) is 12.1 Å². The summed E-state index contributed by atoms with van der Waals surface area (Å²) in [5.74, 6) is -0.496. The van der Waals surface area contributed by atoms with E-state index in [1.807, 2.05) is 13.0 Å². The minimum Gasteiger partial charge on any atom is -0.454 e. The van der Waals surface area contributed by atoms with Gasteiger partial charge in [-0.05, 0) is 80.4 Å². The van der Waals surface area contributed by atoms with Crippen LogP contribution in [0.5, 0.6) is 11.5 Å². The number of aromatic amines is 1. The largest absolute Gasteiger partial charge is 0.454 e. The third kappa shape index (κ3) is 4.37. The summed E-state index contributed by atoms with van der Waals surface area (Å²) in [5.41, 5.74) is 9.97. The van der Waals surface area contributed by atoms with E-state index in [0.717, 1.165) is 15.8 Å². The summed E-state index contributed by atoms with van der Waals surface area (Å²) < 4.78 is 21.1. The van der Waals surface area contributed by atoms with E-state index in [2.05, 4.69) is 15.4 Å². The zero-order valence-electron chi connectivity index (χ0n) is 22.4. The Kier molecular flexibility index (Phi) is 6.06. The second-order valence-corrected chi connectivity index (χ2v) is 9.92. The Morgan fingerprint density at radius 2 is 1.78 bits per heavy atom. The van der Waals surface area contributed by atoms with Gasteiger partial charge >= 0.3 is 6.03 Å². The molecule has 3 amide bonds. The number of benzene rings is 3. The number of halogens is 1. The highest BCUT2D eigenvalue weighted by Gasteiger charge is 2.37. The molecule has 1 atom stereocenters. The first-order valence-electron chi connectivity index (χ1n) is 12.8. The van der Waals surface area contributed by atoms with Gasteiger partial charge in [0.15, 0.2) is 11.6 Å². The number of nitrogen functional groups attached to an aromatic ring is 1. The zero-order valence-corrected chi connectivity index (χ0v) is 22.4. The monoisotopic (exact) mass is 552 g/mol. The standard InChI is InChI=1S/C30H25FN6O4/c1-15-10-18-12-23(35-22(18)13-25(15)36-29(39)17(3)34-30(36)40)27(38)20-14-33-37(28(20)32)24-9-8-19(11-16(24)2)41-26-7-5-4-6-21(26)31/h4-14,17,35H,32H2,1-3H3,(H,34,40)/t17-/m0/s1. The summed E-state index contributed by atoms with van der Waals surface area (Å²) in [5, 5.41) is 7.69. The number of H-pyrrole nitrogens is 1. The van der Waals surface area contributed by atoms with Gasteiger partial charge in [0.2, 0.25) is 5.78 Å². The van der Waals surface area contributed by atoms with E-state index in [9.17, 15) is 18.8 Å². The predicted molar refractivity (Wildman–Crippen MR) is 151 cm³/mol. The molecule has 0 saturated carbocycles. The lowest BCUT2D eigenvalue weighted by Crippen LogP contribution is -2.31. The Morgan fingerprint density at radius 3 is 2.49 bits per heavy atom. The SMILES string of the molecule is Cc1cc2cc(C(=O)c3cnn(-c4ccc(Oc5ccccc5F)cc4C)c3N)[nH]c2cc1N1C(=O)N[C@@H](C)C1=O. The number of urea groups is 1. The van der Waals surface area contributed by atoms with Gasteiger partial charge in [-0.2, -0.15) is 5.10 Å². The number of imide groups is 1. The van der Waals surface area contributed by atoms with Crippen LogP contribution in [0.25, 0.3) is 16.6 Å². The smallest absolute Gasteiger partial charge is 0.329 e. The lowest BCUT2D eigenvalue weighted by molar-refractivity contribution is -0.117. The Balaban J connectivity index is 1.28. The van der Waals surface area contributed by atoms with Crippen LogP contribution >= 0.6 is 0 Å². The molecule has 0 spiro atoms. The molecule has 3 aromatic carbocycles. The van der Waals surface area contributed by atoms with Crippen LogP contribution in [0.15, 0.2) is 66.9 Å². The molecule has 11 heteroatoms. The number of rotatable bonds is 6. The quantitative estimate of drug-likeness (QED) is 0.197. The van der Waals surface area contributed by atoms with Crippen LogP contribution in [-0.4, -0.2) is 38.5 Å². The number of nitrogens with one attached hydrogen (secondary N) is 2. The van der Waals surface area contributed by atoms with Gasteiger partial charge in [0.05, 0.1) is 28.8 Å². The lowest BCUT2D eigenvalue weighted by atomic mass is 10.1. The van der Waals surface area contributed by atoms with Gasteiger partial charge in [-0.15, -0.1) is 0 Å². The number of fused-ring (bicyclic) bond motifs is 1. The number of ether oxygens (including phenoxy) is 1. The van der Waals surface area contributed by atoms with Crippen molar-refractivity contribution in [3.05, 3.63) is 95.1 Å². The summed E-state index contributed by atoms with van der Waals surface area (Å²) >= 11 is 0. The van der Waals surface area contributed by atoms with Crippen molar-refractivity contribution in [1.29, 1.82) is 0 Å². The summed E-state index contributed by atoms with van der Waals surface area (Å²) in [6.07, 6.45) is 1.40. The zero-order chi connectivity index (χ0) is 29.0. The van der Waals surface area contributed by atoms with Crippen LogP contribution in [0.3, 0.4) is 0 Å². The fraction of sp³-hybridized carbons (Fsp3) is 0.133. The molecule has 6 rings (SSSR count). The topological polar surface area (TPSA) is 135 Å². The molecule has 0 radical (unpaired) electrons. The number of para-hydroxylation sites is 1. The first-order valence-corrected chi connectivity index (χ1v) is 12.8. The number of carbonyl (C=O) groups excluding carboxylic acids is 3. The molecule has 4 N–H and O–H groups in total. The molecule has 1 aliphatic heterocycles. The van der Waals surface area contributed by atoms with Crippen molar-refractivity contribution in [3.63, 3.8) is 0 Å². The third-order valence-corrected chi connectivity index (χ3v) is 7.07. The maximum Gasteiger partial charge on any atom is 0.329 e. The number of carbonyl (C=O) groups is 3. The first-order chi connectivity index (χ1) is 19.6. The lowest BCUT2D eigenvalue weighted by Gasteiger charge is -2.15. The molecular formula is C30H25FN6O4. The predicted octanol–water partition coefficient (Wildman–Crippen LogP) is 5.16. The highest BCUT2D eigenvalue weighted by Crippen LogP contribution is 2.32. The molecule has 1 fully saturated rings. The summed E-state index contributed by atoms with van der Waals surface area (Å²) in [6.45, 7) is 5.25. The normalized spacial score (nSPS) is 15.0. The molecule has 2 aromatic heterocycles. The fourth-order valence-corrected chi connectivity index (χ4v) is 4.93. The number of nitrogens with two attached hydrogens (primary N) is 1. The van der Waals surface area contributed by atoms with Crippen LogP contribution in [0.4, 0.5) is 20.7 Å². The van der Waals surface area contributed by atoms with E-state index in [1.165, 1.54) is 23.0 Å². The van der Waals surface area contributed by atoms with Gasteiger partial charge in [-0.3, -0.25) is 9.59 Å². The second-order valence-electron chi connectivity index (χ2n) is 9.92. The minimum absolute atomic E-state index is 0.108. The first kappa shape index (κ1) is 25.8. The minimum atomic E-state index is -0.614.